The van der Waals surface area contributed by atoms with Crippen LogP contribution in [0.4, 0.5) is 13.2 Å². The van der Waals surface area contributed by atoms with Gasteiger partial charge in [0.15, 0.2) is 5.65 Å². The highest BCUT2D eigenvalue weighted by Gasteiger charge is 2.30. The van der Waals surface area contributed by atoms with Crippen LogP contribution >= 0.6 is 0 Å². The smallest absolute Gasteiger partial charge is 0.416 e. The topological polar surface area (TPSA) is 67.5 Å². The van der Waals surface area contributed by atoms with Crippen molar-refractivity contribution in [1.29, 1.82) is 0 Å². The van der Waals surface area contributed by atoms with E-state index in [1.54, 1.807) is 10.6 Å². The van der Waals surface area contributed by atoms with Crippen LogP contribution in [0, 0.1) is 0 Å². The van der Waals surface area contributed by atoms with Crippen molar-refractivity contribution in [3.05, 3.63) is 54.1 Å². The second-order valence-electron chi connectivity index (χ2n) is 4.88. The minimum absolute atomic E-state index is 0.290. The monoisotopic (exact) mass is 321 g/mol. The van der Waals surface area contributed by atoms with Crippen molar-refractivity contribution in [2.45, 2.75) is 12.6 Å². The van der Waals surface area contributed by atoms with E-state index >= 15 is 0 Å². The Morgan fingerprint density at radius 3 is 2.52 bits per heavy atom. The van der Waals surface area contributed by atoms with Crippen LogP contribution in [0.1, 0.15) is 11.3 Å². The minimum atomic E-state index is -4.42. The summed E-state index contributed by atoms with van der Waals surface area (Å²) >= 11 is 0. The fourth-order valence-electron chi connectivity index (χ4n) is 2.23. The molecule has 23 heavy (non-hydrogen) atoms. The lowest BCUT2D eigenvalue weighted by atomic mass is 10.1. The van der Waals surface area contributed by atoms with Crippen molar-refractivity contribution < 1.29 is 23.1 Å². The number of aliphatic carboxylic acids is 1. The second kappa shape index (κ2) is 5.38. The van der Waals surface area contributed by atoms with Gasteiger partial charge < -0.3 is 9.51 Å². The summed E-state index contributed by atoms with van der Waals surface area (Å²) < 4.78 is 39.5. The molecular formula is C15H10F3N3O2. The third-order valence-corrected chi connectivity index (χ3v) is 3.24. The maximum Gasteiger partial charge on any atom is 0.416 e. The predicted molar refractivity (Wildman–Crippen MR) is 74.8 cm³/mol. The van der Waals surface area contributed by atoms with Crippen molar-refractivity contribution in [2.75, 3.05) is 0 Å². The summed E-state index contributed by atoms with van der Waals surface area (Å²) in [6, 6.07) is 4.51. The van der Waals surface area contributed by atoms with Gasteiger partial charge in [0.1, 0.15) is 5.69 Å². The van der Waals surface area contributed by atoms with Gasteiger partial charge in [-0.25, -0.2) is 9.97 Å². The van der Waals surface area contributed by atoms with Crippen molar-refractivity contribution in [3.63, 3.8) is 0 Å². The SMILES string of the molecule is O=C(O)Cc1cn2ccnc2c(-c2ccc(C(F)(F)F)cc2)n1. The van der Waals surface area contributed by atoms with E-state index in [9.17, 15) is 18.0 Å². The zero-order valence-electron chi connectivity index (χ0n) is 11.6. The average molecular weight is 321 g/mol. The van der Waals surface area contributed by atoms with E-state index in [0.29, 0.717) is 16.9 Å². The Hall–Kier alpha value is -2.90. The molecule has 0 aliphatic heterocycles. The highest BCUT2D eigenvalue weighted by atomic mass is 19.4. The number of fused-ring (bicyclic) bond motifs is 1. The van der Waals surface area contributed by atoms with Crippen LogP contribution in [0.3, 0.4) is 0 Å². The van der Waals surface area contributed by atoms with Gasteiger partial charge in [0.25, 0.3) is 0 Å². The van der Waals surface area contributed by atoms with Crippen LogP contribution in [0.25, 0.3) is 16.9 Å². The number of alkyl halides is 3. The third-order valence-electron chi connectivity index (χ3n) is 3.24. The van der Waals surface area contributed by atoms with Gasteiger partial charge >= 0.3 is 12.1 Å². The lowest BCUT2D eigenvalue weighted by Gasteiger charge is -2.09. The summed E-state index contributed by atoms with van der Waals surface area (Å²) in [4.78, 5) is 19.2. The Kier molecular flexibility index (Phi) is 3.51. The number of carboxylic acid groups (broad SMARTS) is 1. The molecule has 1 aromatic carbocycles. The van der Waals surface area contributed by atoms with Crippen LogP contribution in [-0.4, -0.2) is 25.4 Å². The fourth-order valence-corrected chi connectivity index (χ4v) is 2.23. The Labute approximate surface area is 128 Å². The summed E-state index contributed by atoms with van der Waals surface area (Å²) in [6.45, 7) is 0. The van der Waals surface area contributed by atoms with E-state index in [0.717, 1.165) is 12.1 Å². The van der Waals surface area contributed by atoms with Crippen molar-refractivity contribution in [2.24, 2.45) is 0 Å². The van der Waals surface area contributed by atoms with E-state index in [1.807, 2.05) is 0 Å². The van der Waals surface area contributed by atoms with Crippen molar-refractivity contribution in [3.8, 4) is 11.3 Å². The van der Waals surface area contributed by atoms with Gasteiger partial charge in [-0.05, 0) is 12.1 Å². The number of imidazole rings is 1. The highest BCUT2D eigenvalue weighted by molar-refractivity contribution is 5.75. The number of rotatable bonds is 3. The predicted octanol–water partition coefficient (Wildman–Crippen LogP) is 3.04. The first-order valence-electron chi connectivity index (χ1n) is 6.56. The quantitative estimate of drug-likeness (QED) is 0.805. The van der Waals surface area contributed by atoms with Crippen LogP contribution in [0.15, 0.2) is 42.9 Å². The van der Waals surface area contributed by atoms with E-state index in [2.05, 4.69) is 9.97 Å². The molecule has 0 aliphatic rings. The molecule has 0 bridgehead atoms. The molecule has 118 valence electrons. The van der Waals surface area contributed by atoms with E-state index in [-0.39, 0.29) is 12.1 Å². The number of aromatic nitrogens is 3. The van der Waals surface area contributed by atoms with Gasteiger partial charge in [-0.3, -0.25) is 4.79 Å². The van der Waals surface area contributed by atoms with Gasteiger partial charge in [-0.15, -0.1) is 0 Å². The first-order valence-corrected chi connectivity index (χ1v) is 6.56. The molecule has 0 aliphatic carbocycles. The highest BCUT2D eigenvalue weighted by Crippen LogP contribution is 2.31. The van der Waals surface area contributed by atoms with E-state index < -0.39 is 17.7 Å². The third kappa shape index (κ3) is 3.01. The summed E-state index contributed by atoms with van der Waals surface area (Å²) in [6.07, 6.45) is -0.0450. The Balaban J connectivity index is 2.11. The molecule has 5 nitrogen and oxygen atoms in total. The first kappa shape index (κ1) is 15.0. The summed E-state index contributed by atoms with van der Waals surface area (Å²) in [5.74, 6) is -1.05. The molecule has 3 aromatic rings. The largest absolute Gasteiger partial charge is 0.481 e. The van der Waals surface area contributed by atoms with Crippen molar-refractivity contribution in [1.82, 2.24) is 14.4 Å². The molecule has 0 radical (unpaired) electrons. The molecule has 0 spiro atoms. The van der Waals surface area contributed by atoms with Gasteiger partial charge in [-0.1, -0.05) is 12.1 Å². The molecule has 2 aromatic heterocycles. The molecule has 0 atom stereocenters. The van der Waals surface area contributed by atoms with Gasteiger partial charge in [0, 0.05) is 24.2 Å². The first-order chi connectivity index (χ1) is 10.8. The molecular weight excluding hydrogens is 311 g/mol. The minimum Gasteiger partial charge on any atom is -0.481 e. The Morgan fingerprint density at radius 1 is 1.22 bits per heavy atom. The second-order valence-corrected chi connectivity index (χ2v) is 4.88. The normalized spacial score (nSPS) is 11.8. The molecule has 8 heteroatoms. The summed E-state index contributed by atoms with van der Waals surface area (Å²) in [5, 5.41) is 8.89. The summed E-state index contributed by atoms with van der Waals surface area (Å²) in [5.41, 5.74) is 0.739. The van der Waals surface area contributed by atoms with Crippen LogP contribution in [-0.2, 0) is 17.4 Å². The molecule has 0 amide bonds. The van der Waals surface area contributed by atoms with Gasteiger partial charge in [-0.2, -0.15) is 13.2 Å². The number of carboxylic acids is 1. The summed E-state index contributed by atoms with van der Waals surface area (Å²) in [7, 11) is 0. The van der Waals surface area contributed by atoms with Crippen molar-refractivity contribution >= 4 is 11.6 Å². The number of hydrogen-bond acceptors (Lipinski definition) is 3. The number of nitrogens with zero attached hydrogens (tertiary/aromatic N) is 3. The van der Waals surface area contributed by atoms with Crippen LogP contribution in [0.2, 0.25) is 0 Å². The van der Waals surface area contributed by atoms with Gasteiger partial charge in [0.2, 0.25) is 0 Å². The molecule has 2 heterocycles. The molecule has 0 fully saturated rings. The average Bonchev–Trinajstić information content (AvgIpc) is 2.93. The molecule has 0 saturated carbocycles. The standard InChI is InChI=1S/C15H10F3N3O2/c16-15(17,18)10-3-1-9(2-4-10)13-14-19-5-6-21(14)8-11(20-13)7-12(22)23/h1-6,8H,7H2,(H,22,23). The molecule has 0 unspecified atom stereocenters. The zero-order chi connectivity index (χ0) is 16.6. The number of benzene rings is 1. The lowest BCUT2D eigenvalue weighted by molar-refractivity contribution is -0.138. The fraction of sp³-hybridized carbons (Fsp3) is 0.133. The lowest BCUT2D eigenvalue weighted by Crippen LogP contribution is -2.06. The maximum atomic E-state index is 12.6. The van der Waals surface area contributed by atoms with E-state index in [1.165, 1.54) is 24.5 Å². The maximum absolute atomic E-state index is 12.6. The van der Waals surface area contributed by atoms with E-state index in [4.69, 9.17) is 5.11 Å². The Bertz CT molecular complexity index is 870. The van der Waals surface area contributed by atoms with Gasteiger partial charge in [0.05, 0.1) is 17.7 Å². The zero-order valence-corrected chi connectivity index (χ0v) is 11.6. The number of carbonyl (C=O) groups is 1. The van der Waals surface area contributed by atoms with Crippen LogP contribution < -0.4 is 0 Å². The molecule has 1 N–H and O–H groups in total. The Morgan fingerprint density at radius 2 is 1.91 bits per heavy atom. The molecule has 0 saturated heterocycles. The molecule has 3 rings (SSSR count). The van der Waals surface area contributed by atoms with Crippen LogP contribution in [0.5, 0.6) is 0 Å². The number of hydrogen-bond donors (Lipinski definition) is 1. The number of halogens is 3.